The molecule has 1 atom stereocenters. The van der Waals surface area contributed by atoms with Gasteiger partial charge in [-0.15, -0.1) is 0 Å². The standard InChI is InChI=1S/C19H17FN4O5/c1-27-17-6-5-12(7-15(17)20)16-4-2-3-13(21-16)10-28-14-8-23-9-18(24(25)26)22-19(23)29-11-14/h2-7,9,14H,8,10-11H2,1H3/t14-/m0/s1. The molecule has 0 bridgehead atoms. The van der Waals surface area contributed by atoms with Gasteiger partial charge in [-0.05, 0) is 35.3 Å². The number of halogens is 1. The average Bonchev–Trinajstić information content (AvgIpc) is 3.16. The number of hydrogen-bond acceptors (Lipinski definition) is 7. The Bertz CT molecular complexity index is 1050. The molecule has 0 amide bonds. The summed E-state index contributed by atoms with van der Waals surface area (Å²) in [5, 5.41) is 10.8. The molecule has 29 heavy (non-hydrogen) atoms. The van der Waals surface area contributed by atoms with Crippen molar-refractivity contribution in [2.45, 2.75) is 19.3 Å². The lowest BCUT2D eigenvalue weighted by Gasteiger charge is -2.22. The molecule has 0 spiro atoms. The summed E-state index contributed by atoms with van der Waals surface area (Å²) in [6.07, 6.45) is 1.02. The molecule has 4 rings (SSSR count). The molecule has 1 aliphatic rings. The second-order valence-corrected chi connectivity index (χ2v) is 6.40. The summed E-state index contributed by atoms with van der Waals surface area (Å²) in [6, 6.07) is 10.3. The fourth-order valence-electron chi connectivity index (χ4n) is 3.01. The lowest BCUT2D eigenvalue weighted by molar-refractivity contribution is -0.389. The Kier molecular flexibility index (Phi) is 5.09. The van der Waals surface area contributed by atoms with Crippen LogP contribution in [0.25, 0.3) is 11.3 Å². The van der Waals surface area contributed by atoms with Crippen molar-refractivity contribution >= 4 is 5.82 Å². The Hall–Kier alpha value is -3.53. The molecule has 0 saturated carbocycles. The zero-order valence-electron chi connectivity index (χ0n) is 15.4. The summed E-state index contributed by atoms with van der Waals surface area (Å²) in [4.78, 5) is 18.6. The molecule has 0 fully saturated rings. The van der Waals surface area contributed by atoms with Gasteiger partial charge in [0, 0.05) is 10.5 Å². The number of methoxy groups -OCH3 is 1. The van der Waals surface area contributed by atoms with E-state index >= 15 is 0 Å². The van der Waals surface area contributed by atoms with Crippen LogP contribution in [0, 0.1) is 15.9 Å². The van der Waals surface area contributed by atoms with E-state index < -0.39 is 10.7 Å². The van der Waals surface area contributed by atoms with E-state index in [-0.39, 0.29) is 36.9 Å². The molecule has 0 N–H and O–H groups in total. The van der Waals surface area contributed by atoms with Crippen LogP contribution in [0.2, 0.25) is 0 Å². The van der Waals surface area contributed by atoms with E-state index in [9.17, 15) is 14.5 Å². The minimum Gasteiger partial charge on any atom is -0.494 e. The SMILES string of the molecule is COc1ccc(-c2cccc(CO[C@@H]3COc4nc([N+](=O)[O-])cn4C3)n2)cc1F. The van der Waals surface area contributed by atoms with Gasteiger partial charge in [-0.3, -0.25) is 9.55 Å². The van der Waals surface area contributed by atoms with Gasteiger partial charge >= 0.3 is 11.8 Å². The van der Waals surface area contributed by atoms with E-state index in [2.05, 4.69) is 9.97 Å². The van der Waals surface area contributed by atoms with Crippen molar-refractivity contribution in [3.63, 3.8) is 0 Å². The Morgan fingerprint density at radius 2 is 2.21 bits per heavy atom. The smallest absolute Gasteiger partial charge is 0.414 e. The molecule has 1 aliphatic heterocycles. The van der Waals surface area contributed by atoms with Crippen LogP contribution in [0.1, 0.15) is 5.69 Å². The van der Waals surface area contributed by atoms with Gasteiger partial charge in [0.2, 0.25) is 0 Å². The van der Waals surface area contributed by atoms with E-state index in [1.54, 1.807) is 28.8 Å². The summed E-state index contributed by atoms with van der Waals surface area (Å²) < 4.78 is 31.7. The number of benzene rings is 1. The van der Waals surface area contributed by atoms with E-state index in [1.807, 2.05) is 6.07 Å². The molecular weight excluding hydrogens is 383 g/mol. The Morgan fingerprint density at radius 3 is 2.97 bits per heavy atom. The second-order valence-electron chi connectivity index (χ2n) is 6.40. The summed E-state index contributed by atoms with van der Waals surface area (Å²) in [6.45, 7) is 0.837. The highest BCUT2D eigenvalue weighted by molar-refractivity contribution is 5.60. The van der Waals surface area contributed by atoms with Crippen molar-refractivity contribution in [1.29, 1.82) is 0 Å². The van der Waals surface area contributed by atoms with Crippen LogP contribution < -0.4 is 9.47 Å². The predicted molar refractivity (Wildman–Crippen MR) is 99.1 cm³/mol. The summed E-state index contributed by atoms with van der Waals surface area (Å²) >= 11 is 0. The molecule has 3 heterocycles. The van der Waals surface area contributed by atoms with Gasteiger partial charge < -0.3 is 24.3 Å². The van der Waals surface area contributed by atoms with Crippen molar-refractivity contribution < 1.29 is 23.5 Å². The zero-order chi connectivity index (χ0) is 20.4. The quantitative estimate of drug-likeness (QED) is 0.463. The third kappa shape index (κ3) is 4.02. The number of fused-ring (bicyclic) bond motifs is 1. The zero-order valence-corrected chi connectivity index (χ0v) is 15.4. The van der Waals surface area contributed by atoms with E-state index in [0.29, 0.717) is 23.5 Å². The van der Waals surface area contributed by atoms with Gasteiger partial charge in [-0.2, -0.15) is 0 Å². The molecule has 10 heteroatoms. The van der Waals surface area contributed by atoms with Crippen molar-refractivity contribution in [3.05, 3.63) is 64.2 Å². The van der Waals surface area contributed by atoms with Crippen LogP contribution in [0.3, 0.4) is 0 Å². The van der Waals surface area contributed by atoms with Crippen molar-refractivity contribution in [2.75, 3.05) is 13.7 Å². The number of rotatable bonds is 6. The van der Waals surface area contributed by atoms with Gasteiger partial charge in [0.15, 0.2) is 11.6 Å². The van der Waals surface area contributed by atoms with Crippen LogP contribution in [0.4, 0.5) is 10.2 Å². The lowest BCUT2D eigenvalue weighted by Crippen LogP contribution is -2.32. The summed E-state index contributed by atoms with van der Waals surface area (Å²) in [5.41, 5.74) is 1.91. The highest BCUT2D eigenvalue weighted by atomic mass is 19.1. The largest absolute Gasteiger partial charge is 0.494 e. The van der Waals surface area contributed by atoms with Crippen LogP contribution in [-0.4, -0.2) is 39.3 Å². The van der Waals surface area contributed by atoms with Crippen LogP contribution in [-0.2, 0) is 17.9 Å². The number of pyridine rings is 1. The first-order valence-electron chi connectivity index (χ1n) is 8.79. The number of nitrogens with zero attached hydrogens (tertiary/aromatic N) is 4. The molecule has 150 valence electrons. The van der Waals surface area contributed by atoms with Crippen LogP contribution >= 0.6 is 0 Å². The second kappa shape index (κ2) is 7.84. The van der Waals surface area contributed by atoms with E-state index in [1.165, 1.54) is 19.4 Å². The minimum absolute atomic E-state index is 0.171. The third-order valence-electron chi connectivity index (χ3n) is 4.43. The van der Waals surface area contributed by atoms with Gasteiger partial charge in [0.25, 0.3) is 0 Å². The monoisotopic (exact) mass is 400 g/mol. The number of nitro groups is 1. The summed E-state index contributed by atoms with van der Waals surface area (Å²) in [7, 11) is 1.41. The lowest BCUT2D eigenvalue weighted by atomic mass is 10.1. The van der Waals surface area contributed by atoms with E-state index in [0.717, 1.165) is 0 Å². The number of imidazole rings is 1. The minimum atomic E-state index is -0.567. The molecule has 0 radical (unpaired) electrons. The molecule has 2 aromatic heterocycles. The number of hydrogen-bond donors (Lipinski definition) is 0. The fourth-order valence-corrected chi connectivity index (χ4v) is 3.01. The normalized spacial score (nSPS) is 15.4. The summed E-state index contributed by atoms with van der Waals surface area (Å²) in [5.74, 6) is -0.551. The molecular formula is C19H17FN4O5. The topological polar surface area (TPSA) is 102 Å². The first-order chi connectivity index (χ1) is 14.0. The number of aromatic nitrogens is 3. The Morgan fingerprint density at radius 1 is 1.34 bits per heavy atom. The first-order valence-corrected chi connectivity index (χ1v) is 8.79. The van der Waals surface area contributed by atoms with Crippen molar-refractivity contribution in [2.24, 2.45) is 0 Å². The molecule has 9 nitrogen and oxygen atoms in total. The van der Waals surface area contributed by atoms with Crippen LogP contribution in [0.5, 0.6) is 11.8 Å². The first kappa shape index (κ1) is 18.8. The Labute approximate surface area is 164 Å². The maximum Gasteiger partial charge on any atom is 0.414 e. The fraction of sp³-hybridized carbons (Fsp3) is 0.263. The highest BCUT2D eigenvalue weighted by Gasteiger charge is 2.28. The van der Waals surface area contributed by atoms with Gasteiger partial charge in [0.1, 0.15) is 18.9 Å². The molecule has 0 unspecified atom stereocenters. The number of ether oxygens (including phenoxy) is 3. The molecule has 0 saturated heterocycles. The molecule has 1 aromatic carbocycles. The van der Waals surface area contributed by atoms with Crippen molar-refractivity contribution in [1.82, 2.24) is 14.5 Å². The third-order valence-corrected chi connectivity index (χ3v) is 4.43. The average molecular weight is 400 g/mol. The van der Waals surface area contributed by atoms with E-state index in [4.69, 9.17) is 14.2 Å². The molecule has 3 aromatic rings. The maximum absolute atomic E-state index is 14.0. The maximum atomic E-state index is 14.0. The van der Waals surface area contributed by atoms with Gasteiger partial charge in [-0.1, -0.05) is 6.07 Å². The van der Waals surface area contributed by atoms with Crippen molar-refractivity contribution in [3.8, 4) is 23.0 Å². The Balaban J connectivity index is 1.42. The highest BCUT2D eigenvalue weighted by Crippen LogP contribution is 2.25. The van der Waals surface area contributed by atoms with Gasteiger partial charge in [-0.25, -0.2) is 4.39 Å². The molecule has 0 aliphatic carbocycles. The predicted octanol–water partition coefficient (Wildman–Crippen LogP) is 2.98. The van der Waals surface area contributed by atoms with Gasteiger partial charge in [0.05, 0.1) is 31.6 Å². The van der Waals surface area contributed by atoms with Crippen LogP contribution in [0.15, 0.2) is 42.6 Å².